The van der Waals surface area contributed by atoms with Gasteiger partial charge in [0.25, 0.3) is 0 Å². The van der Waals surface area contributed by atoms with E-state index < -0.39 is 0 Å². The molecule has 0 bridgehead atoms. The average Bonchev–Trinajstić information content (AvgIpc) is 3.41. The van der Waals surface area contributed by atoms with Crippen molar-refractivity contribution in [3.05, 3.63) is 151 Å². The summed E-state index contributed by atoms with van der Waals surface area (Å²) < 4.78 is 2.39. The summed E-state index contributed by atoms with van der Waals surface area (Å²) in [5, 5.41) is 7.92. The van der Waals surface area contributed by atoms with Crippen LogP contribution in [0.4, 0.5) is 0 Å². The minimum atomic E-state index is -0.0846. The number of rotatable bonds is 2. The van der Waals surface area contributed by atoms with E-state index in [1.807, 2.05) is 0 Å². The van der Waals surface area contributed by atoms with Crippen molar-refractivity contribution in [3.63, 3.8) is 0 Å². The number of benzene rings is 7. The molecule has 0 N–H and O–H groups in total. The Hall–Kier alpha value is -5.14. The first-order chi connectivity index (χ1) is 21.8. The van der Waals surface area contributed by atoms with Crippen LogP contribution in [0.3, 0.4) is 0 Å². The predicted octanol–water partition coefficient (Wildman–Crippen LogP) is 12.0. The van der Waals surface area contributed by atoms with Gasteiger partial charge in [0.1, 0.15) is 0 Å². The van der Waals surface area contributed by atoms with Crippen molar-refractivity contribution >= 4 is 43.4 Å². The second-order valence-electron chi connectivity index (χ2n) is 13.8. The summed E-state index contributed by atoms with van der Waals surface area (Å²) in [5.74, 6) is 0. The van der Waals surface area contributed by atoms with E-state index >= 15 is 0 Å². The number of nitrogens with zero attached hydrogens (tertiary/aromatic N) is 1. The lowest BCUT2D eigenvalue weighted by Gasteiger charge is -2.49. The van der Waals surface area contributed by atoms with Gasteiger partial charge in [0.15, 0.2) is 0 Å². The Kier molecular flexibility index (Phi) is 5.37. The fourth-order valence-corrected chi connectivity index (χ4v) is 8.12. The summed E-state index contributed by atoms with van der Waals surface area (Å²) in [5.41, 5.74) is 11.6. The molecule has 1 aliphatic carbocycles. The van der Waals surface area contributed by atoms with Gasteiger partial charge >= 0.3 is 0 Å². The Morgan fingerprint density at radius 3 is 1.91 bits per heavy atom. The molecule has 216 valence electrons. The molecule has 0 saturated carbocycles. The van der Waals surface area contributed by atoms with Crippen molar-refractivity contribution in [2.75, 3.05) is 0 Å². The fraction of sp³-hybridized carbons (Fsp3) is 0.136. The number of hydrogen-bond acceptors (Lipinski definition) is 0. The Bertz CT molecular complexity index is 2470. The van der Waals surface area contributed by atoms with Crippen molar-refractivity contribution in [3.8, 4) is 27.9 Å². The van der Waals surface area contributed by atoms with Crippen molar-refractivity contribution < 1.29 is 0 Å². The van der Waals surface area contributed by atoms with Gasteiger partial charge in [-0.15, -0.1) is 0 Å². The molecule has 0 aliphatic heterocycles. The van der Waals surface area contributed by atoms with Crippen LogP contribution in [0, 0.1) is 0 Å². The lowest BCUT2D eigenvalue weighted by atomic mass is 9.54. The summed E-state index contributed by atoms with van der Waals surface area (Å²) in [6.45, 7) is 9.77. The molecule has 8 aromatic rings. The van der Waals surface area contributed by atoms with Crippen LogP contribution in [0.25, 0.3) is 71.3 Å². The molecule has 1 nitrogen and oxygen atoms in total. The summed E-state index contributed by atoms with van der Waals surface area (Å²) >= 11 is 0. The molecule has 45 heavy (non-hydrogen) atoms. The highest BCUT2D eigenvalue weighted by Gasteiger charge is 2.46. The van der Waals surface area contributed by atoms with E-state index in [2.05, 4.69) is 172 Å². The number of aromatic nitrogens is 1. The minimum Gasteiger partial charge on any atom is -0.309 e. The maximum absolute atomic E-state index is 2.47. The second-order valence-corrected chi connectivity index (χ2v) is 13.8. The molecule has 7 aromatic carbocycles. The predicted molar refractivity (Wildman–Crippen MR) is 193 cm³/mol. The molecular formula is C44H35N. The van der Waals surface area contributed by atoms with Crippen LogP contribution < -0.4 is 0 Å². The maximum atomic E-state index is 2.47. The van der Waals surface area contributed by atoms with Gasteiger partial charge < -0.3 is 4.57 Å². The highest BCUT2D eigenvalue weighted by Crippen LogP contribution is 2.56. The molecular weight excluding hydrogens is 542 g/mol. The maximum Gasteiger partial charge on any atom is 0.0541 e. The largest absolute Gasteiger partial charge is 0.309 e. The van der Waals surface area contributed by atoms with E-state index in [0.717, 1.165) is 0 Å². The highest BCUT2D eigenvalue weighted by molar-refractivity contribution is 6.12. The minimum absolute atomic E-state index is 0.0804. The van der Waals surface area contributed by atoms with E-state index in [9.17, 15) is 0 Å². The highest BCUT2D eigenvalue weighted by atomic mass is 15.0. The second kappa shape index (κ2) is 9.19. The van der Waals surface area contributed by atoms with Crippen LogP contribution >= 0.6 is 0 Å². The van der Waals surface area contributed by atoms with E-state index in [0.29, 0.717) is 0 Å². The quantitative estimate of drug-likeness (QED) is 0.180. The molecule has 0 saturated heterocycles. The van der Waals surface area contributed by atoms with E-state index in [4.69, 9.17) is 0 Å². The van der Waals surface area contributed by atoms with Gasteiger partial charge in [0.05, 0.1) is 11.0 Å². The number of fused-ring (bicyclic) bond motifs is 10. The molecule has 9 rings (SSSR count). The lowest BCUT2D eigenvalue weighted by molar-refractivity contribution is 0.301. The molecule has 0 atom stereocenters. The summed E-state index contributed by atoms with van der Waals surface area (Å²) in [6.07, 6.45) is 0. The lowest BCUT2D eigenvalue weighted by Crippen LogP contribution is -2.43. The van der Waals surface area contributed by atoms with Gasteiger partial charge in [-0.2, -0.15) is 0 Å². The molecule has 1 aromatic heterocycles. The Labute approximate surface area is 264 Å². The zero-order chi connectivity index (χ0) is 30.5. The molecule has 1 heteroatoms. The zero-order valence-corrected chi connectivity index (χ0v) is 26.2. The van der Waals surface area contributed by atoms with Gasteiger partial charge in [-0.3, -0.25) is 0 Å². The normalized spacial score (nSPS) is 15.0. The molecule has 0 spiro atoms. The fourth-order valence-electron chi connectivity index (χ4n) is 8.12. The third-order valence-corrected chi connectivity index (χ3v) is 11.1. The Balaban J connectivity index is 1.25. The van der Waals surface area contributed by atoms with Gasteiger partial charge in [0, 0.05) is 21.9 Å². The van der Waals surface area contributed by atoms with Crippen molar-refractivity contribution in [2.24, 2.45) is 0 Å². The Morgan fingerprint density at radius 1 is 0.422 bits per heavy atom. The topological polar surface area (TPSA) is 4.93 Å². The Morgan fingerprint density at radius 2 is 1.07 bits per heavy atom. The van der Waals surface area contributed by atoms with Gasteiger partial charge in [-0.05, 0) is 96.7 Å². The van der Waals surface area contributed by atoms with Crippen molar-refractivity contribution in [1.82, 2.24) is 4.57 Å². The van der Waals surface area contributed by atoms with Crippen molar-refractivity contribution in [1.29, 1.82) is 0 Å². The smallest absolute Gasteiger partial charge is 0.0541 e. The van der Waals surface area contributed by atoms with Crippen molar-refractivity contribution in [2.45, 2.75) is 38.5 Å². The average molecular weight is 578 g/mol. The van der Waals surface area contributed by atoms with E-state index in [1.165, 1.54) is 82.4 Å². The third-order valence-electron chi connectivity index (χ3n) is 11.1. The number of hydrogen-bond donors (Lipinski definition) is 0. The van der Waals surface area contributed by atoms with Crippen LogP contribution in [0.2, 0.25) is 0 Å². The molecule has 1 aliphatic rings. The summed E-state index contributed by atoms with van der Waals surface area (Å²) in [7, 11) is 0. The monoisotopic (exact) mass is 577 g/mol. The zero-order valence-electron chi connectivity index (χ0n) is 26.2. The summed E-state index contributed by atoms with van der Waals surface area (Å²) in [6, 6.07) is 51.8. The van der Waals surface area contributed by atoms with Crippen LogP contribution in [0.1, 0.15) is 38.8 Å². The van der Waals surface area contributed by atoms with Crippen LogP contribution in [-0.4, -0.2) is 4.57 Å². The van der Waals surface area contributed by atoms with E-state index in [-0.39, 0.29) is 10.8 Å². The van der Waals surface area contributed by atoms with E-state index in [1.54, 1.807) is 0 Å². The first-order valence-electron chi connectivity index (χ1n) is 16.0. The molecule has 1 heterocycles. The van der Waals surface area contributed by atoms with Crippen LogP contribution in [0.5, 0.6) is 0 Å². The number of para-hydroxylation sites is 2. The SMILES string of the molecule is CC1(C)c2cc(-c3ccc4c(c3)c3ccccc3n4-c3ccccc3)ccc2-c2ccc3c(ccc4ccccc43)c2C1(C)C. The molecule has 0 radical (unpaired) electrons. The van der Waals surface area contributed by atoms with Gasteiger partial charge in [-0.25, -0.2) is 0 Å². The third kappa shape index (κ3) is 3.56. The first kappa shape index (κ1) is 26.3. The summed E-state index contributed by atoms with van der Waals surface area (Å²) in [4.78, 5) is 0. The standard InChI is InChI=1S/C44H35N/c1-43(2)39-27-30(29-20-25-41-38(26-29)35-16-10-11-17-40(35)45(41)31-13-6-5-7-14-31)19-21-34(39)37-24-23-33-32-15-9-8-12-28(32)18-22-36(33)42(37)44(43,3)4/h5-27H,1-4H3. The van der Waals surface area contributed by atoms with Crippen LogP contribution in [0.15, 0.2) is 140 Å². The molecule has 0 unspecified atom stereocenters. The van der Waals surface area contributed by atoms with Gasteiger partial charge in [-0.1, -0.05) is 131 Å². The van der Waals surface area contributed by atoms with Gasteiger partial charge in [0.2, 0.25) is 0 Å². The van der Waals surface area contributed by atoms with Crippen LogP contribution in [-0.2, 0) is 10.8 Å². The molecule has 0 fully saturated rings. The first-order valence-corrected chi connectivity index (χ1v) is 16.0. The molecule has 0 amide bonds.